The summed E-state index contributed by atoms with van der Waals surface area (Å²) in [4.78, 5) is 32.6. The van der Waals surface area contributed by atoms with Gasteiger partial charge in [0.2, 0.25) is 0 Å². The van der Waals surface area contributed by atoms with Gasteiger partial charge in [-0.25, -0.2) is 9.79 Å². The van der Waals surface area contributed by atoms with E-state index >= 15 is 0 Å². The molecule has 0 fully saturated rings. The van der Waals surface area contributed by atoms with Crippen LogP contribution in [0.5, 0.6) is 11.5 Å². The summed E-state index contributed by atoms with van der Waals surface area (Å²) in [6.45, 7) is 6.45. The lowest BCUT2D eigenvalue weighted by molar-refractivity contribution is -0.139. The van der Waals surface area contributed by atoms with Gasteiger partial charge in [-0.2, -0.15) is 0 Å². The first-order valence-corrected chi connectivity index (χ1v) is 15.2. The van der Waals surface area contributed by atoms with Crippen LogP contribution in [0.25, 0.3) is 16.8 Å². The zero-order chi connectivity index (χ0) is 29.1. The highest BCUT2D eigenvalue weighted by atomic mass is 79.9. The Kier molecular flexibility index (Phi) is 8.75. The van der Waals surface area contributed by atoms with Gasteiger partial charge in [0.25, 0.3) is 5.56 Å². The summed E-state index contributed by atoms with van der Waals surface area (Å²) in [5, 5.41) is 2.04. The minimum Gasteiger partial charge on any atom is -0.496 e. The smallest absolute Gasteiger partial charge is 0.338 e. The molecule has 1 aromatic heterocycles. The lowest BCUT2D eigenvalue weighted by Gasteiger charge is -2.25. The lowest BCUT2D eigenvalue weighted by Crippen LogP contribution is -2.40. The van der Waals surface area contributed by atoms with Crippen LogP contribution in [0.4, 0.5) is 0 Å². The van der Waals surface area contributed by atoms with Crippen molar-refractivity contribution in [2.24, 2.45) is 4.99 Å². The molecule has 0 saturated heterocycles. The summed E-state index contributed by atoms with van der Waals surface area (Å²) in [5.41, 5.74) is 2.18. The van der Waals surface area contributed by atoms with Crippen LogP contribution in [-0.2, 0) is 9.53 Å². The monoisotopic (exact) mass is 634 g/mol. The number of unbranched alkanes of at least 4 members (excludes halogenated alkanes) is 1. The van der Waals surface area contributed by atoms with Gasteiger partial charge >= 0.3 is 5.97 Å². The standard InChI is InChI=1S/C32H31BrN2O5S/c1-5-7-16-40-25-14-12-20-10-8-9-11-22(20)23(25)18-27-30(36)35-29(21-13-15-26(38-4)24(33)17-21)28(31(37)39-6-2)19(3)34-32(35)41-27/h8-15,17-18,29H,5-7,16H2,1-4H3/b27-18+/t29-/m0/s1. The third-order valence-electron chi connectivity index (χ3n) is 6.97. The molecule has 3 aromatic carbocycles. The fourth-order valence-electron chi connectivity index (χ4n) is 4.97. The Morgan fingerprint density at radius 2 is 1.90 bits per heavy atom. The van der Waals surface area contributed by atoms with E-state index in [1.165, 1.54) is 11.3 Å². The van der Waals surface area contributed by atoms with Crippen molar-refractivity contribution >= 4 is 50.1 Å². The van der Waals surface area contributed by atoms with E-state index in [1.807, 2.05) is 60.7 Å². The molecule has 0 saturated carbocycles. The third kappa shape index (κ3) is 5.61. The van der Waals surface area contributed by atoms with Crippen LogP contribution in [0.3, 0.4) is 0 Å². The Balaban J connectivity index is 1.74. The van der Waals surface area contributed by atoms with Crippen molar-refractivity contribution in [3.8, 4) is 11.5 Å². The molecular weight excluding hydrogens is 604 g/mol. The minimum absolute atomic E-state index is 0.209. The Hall–Kier alpha value is -3.69. The van der Waals surface area contributed by atoms with E-state index in [4.69, 9.17) is 19.2 Å². The van der Waals surface area contributed by atoms with Crippen molar-refractivity contribution in [2.45, 2.75) is 39.7 Å². The molecule has 1 aliphatic rings. The van der Waals surface area contributed by atoms with Gasteiger partial charge in [0.15, 0.2) is 4.80 Å². The first-order valence-electron chi connectivity index (χ1n) is 13.6. The number of allylic oxidation sites excluding steroid dienone is 1. The molecule has 0 spiro atoms. The number of ether oxygens (including phenoxy) is 3. The van der Waals surface area contributed by atoms with Crippen molar-refractivity contribution in [1.29, 1.82) is 0 Å². The zero-order valence-electron chi connectivity index (χ0n) is 23.4. The molecule has 9 heteroatoms. The van der Waals surface area contributed by atoms with Crippen molar-refractivity contribution in [1.82, 2.24) is 4.57 Å². The molecule has 1 aliphatic heterocycles. The second-order valence-corrected chi connectivity index (χ2v) is 11.5. The quantitative estimate of drug-likeness (QED) is 0.169. The number of fused-ring (bicyclic) bond motifs is 2. The van der Waals surface area contributed by atoms with Gasteiger partial charge in [0, 0.05) is 5.56 Å². The molecule has 0 aliphatic carbocycles. The molecule has 0 unspecified atom stereocenters. The van der Waals surface area contributed by atoms with Crippen LogP contribution in [0.1, 0.15) is 50.8 Å². The molecule has 41 heavy (non-hydrogen) atoms. The summed E-state index contributed by atoms with van der Waals surface area (Å²) in [6.07, 6.45) is 3.84. The number of hydrogen-bond donors (Lipinski definition) is 0. The number of thiazole rings is 1. The number of halogens is 1. The number of methoxy groups -OCH3 is 1. The van der Waals surface area contributed by atoms with Crippen LogP contribution in [0.15, 0.2) is 80.1 Å². The maximum atomic E-state index is 14.2. The van der Waals surface area contributed by atoms with E-state index in [-0.39, 0.29) is 12.2 Å². The number of carbonyl (C=O) groups is 1. The molecule has 0 amide bonds. The number of hydrogen-bond acceptors (Lipinski definition) is 7. The number of aromatic nitrogens is 1. The van der Waals surface area contributed by atoms with E-state index < -0.39 is 12.0 Å². The average molecular weight is 636 g/mol. The van der Waals surface area contributed by atoms with Crippen LogP contribution >= 0.6 is 27.3 Å². The van der Waals surface area contributed by atoms with E-state index in [0.29, 0.717) is 37.4 Å². The number of nitrogens with zero attached hydrogens (tertiary/aromatic N) is 2. The maximum Gasteiger partial charge on any atom is 0.338 e. The van der Waals surface area contributed by atoms with Crippen molar-refractivity contribution in [2.75, 3.05) is 20.3 Å². The molecule has 4 aromatic rings. The molecule has 7 nitrogen and oxygen atoms in total. The van der Waals surface area contributed by atoms with Crippen LogP contribution in [0, 0.1) is 0 Å². The van der Waals surface area contributed by atoms with Gasteiger partial charge < -0.3 is 14.2 Å². The van der Waals surface area contributed by atoms with Gasteiger partial charge in [0.1, 0.15) is 11.5 Å². The lowest BCUT2D eigenvalue weighted by atomic mass is 9.96. The molecule has 212 valence electrons. The Morgan fingerprint density at radius 1 is 1.12 bits per heavy atom. The van der Waals surface area contributed by atoms with E-state index in [9.17, 15) is 9.59 Å². The van der Waals surface area contributed by atoms with Gasteiger partial charge in [-0.1, -0.05) is 61.1 Å². The Labute approximate surface area is 250 Å². The van der Waals surface area contributed by atoms with Gasteiger partial charge in [-0.05, 0) is 76.8 Å². The van der Waals surface area contributed by atoms with Gasteiger partial charge in [-0.15, -0.1) is 0 Å². The summed E-state index contributed by atoms with van der Waals surface area (Å²) in [7, 11) is 1.59. The van der Waals surface area contributed by atoms with E-state index in [0.717, 1.165) is 40.5 Å². The first kappa shape index (κ1) is 28.8. The average Bonchev–Trinajstić information content (AvgIpc) is 3.27. The summed E-state index contributed by atoms with van der Waals surface area (Å²) in [6, 6.07) is 16.8. The molecule has 2 heterocycles. The molecule has 5 rings (SSSR count). The van der Waals surface area contributed by atoms with Gasteiger partial charge in [0.05, 0.1) is 46.6 Å². The van der Waals surface area contributed by atoms with Gasteiger partial charge in [-0.3, -0.25) is 9.36 Å². The maximum absolute atomic E-state index is 14.2. The second kappa shape index (κ2) is 12.4. The highest BCUT2D eigenvalue weighted by Crippen LogP contribution is 2.35. The molecule has 0 bridgehead atoms. The molecular formula is C32H31BrN2O5S. The molecule has 0 N–H and O–H groups in total. The first-order chi connectivity index (χ1) is 19.9. The number of benzene rings is 3. The highest BCUT2D eigenvalue weighted by molar-refractivity contribution is 9.10. The van der Waals surface area contributed by atoms with Crippen LogP contribution < -0.4 is 24.4 Å². The van der Waals surface area contributed by atoms with Crippen molar-refractivity contribution in [3.05, 3.63) is 101 Å². The fraction of sp³-hybridized carbons (Fsp3) is 0.281. The Morgan fingerprint density at radius 3 is 2.63 bits per heavy atom. The normalized spacial score (nSPS) is 15.0. The minimum atomic E-state index is -0.720. The van der Waals surface area contributed by atoms with Crippen molar-refractivity contribution in [3.63, 3.8) is 0 Å². The fourth-order valence-corrected chi connectivity index (χ4v) is 6.55. The number of esters is 1. The summed E-state index contributed by atoms with van der Waals surface area (Å²) < 4.78 is 19.8. The number of rotatable bonds is 9. The molecule has 0 radical (unpaired) electrons. The summed E-state index contributed by atoms with van der Waals surface area (Å²) >= 11 is 4.85. The van der Waals surface area contributed by atoms with E-state index in [2.05, 4.69) is 22.9 Å². The Bertz CT molecular complexity index is 1840. The predicted molar refractivity (Wildman–Crippen MR) is 165 cm³/mol. The summed E-state index contributed by atoms with van der Waals surface area (Å²) in [5.74, 6) is 0.869. The van der Waals surface area contributed by atoms with Crippen LogP contribution in [0.2, 0.25) is 0 Å². The largest absolute Gasteiger partial charge is 0.496 e. The third-order valence-corrected chi connectivity index (χ3v) is 8.57. The van der Waals surface area contributed by atoms with Crippen molar-refractivity contribution < 1.29 is 19.0 Å². The molecule has 1 atom stereocenters. The SMILES string of the molecule is CCCCOc1ccc2ccccc2c1/C=c1/sc2n(c1=O)[C@@H](c1ccc(OC)c(Br)c1)C(C(=O)OCC)=C(C)N=2. The second-order valence-electron chi connectivity index (χ2n) is 9.60. The zero-order valence-corrected chi connectivity index (χ0v) is 25.8. The topological polar surface area (TPSA) is 79.1 Å². The van der Waals surface area contributed by atoms with E-state index in [1.54, 1.807) is 25.5 Å². The predicted octanol–water partition coefficient (Wildman–Crippen LogP) is 5.90. The van der Waals surface area contributed by atoms with Crippen LogP contribution in [-0.4, -0.2) is 30.9 Å². The highest BCUT2D eigenvalue weighted by Gasteiger charge is 2.33. The number of carbonyl (C=O) groups excluding carboxylic acids is 1.